The molecule has 1 fully saturated rings. The summed E-state index contributed by atoms with van der Waals surface area (Å²) in [7, 11) is 0. The van der Waals surface area contributed by atoms with Crippen molar-refractivity contribution in [3.8, 4) is 0 Å². The Hall–Kier alpha value is -0.0800. The maximum atomic E-state index is 13.1. The van der Waals surface area contributed by atoms with E-state index in [2.05, 4.69) is 32.4 Å². The van der Waals surface area contributed by atoms with Crippen LogP contribution in [0, 0.1) is 5.92 Å². The van der Waals surface area contributed by atoms with Gasteiger partial charge in [0, 0.05) is 32.7 Å². The van der Waals surface area contributed by atoms with E-state index in [-0.39, 0.29) is 6.42 Å². The molecule has 1 heterocycles. The van der Waals surface area contributed by atoms with Gasteiger partial charge in [0.15, 0.2) is 0 Å². The molecule has 1 saturated heterocycles. The summed E-state index contributed by atoms with van der Waals surface area (Å²) < 4.78 is 40.3. The predicted molar refractivity (Wildman–Crippen MR) is 82.9 cm³/mol. The molecule has 0 saturated carbocycles. The van der Waals surface area contributed by atoms with E-state index >= 15 is 0 Å². The zero-order valence-electron chi connectivity index (χ0n) is 11.6. The molecule has 0 N–H and O–H groups in total. The van der Waals surface area contributed by atoms with Crippen LogP contribution in [-0.4, -0.2) is 53.3 Å². The van der Waals surface area contributed by atoms with Crippen LogP contribution in [0.15, 0.2) is 23.3 Å². The SMILES string of the molecule is CC1=CCC(C(F)(F)F)C(CN2CCN(CI)CC2)=C1. The third-order valence-corrected chi connectivity index (χ3v) is 4.94. The van der Waals surface area contributed by atoms with Crippen molar-refractivity contribution in [2.75, 3.05) is 37.3 Å². The molecule has 0 aromatic carbocycles. The summed E-state index contributed by atoms with van der Waals surface area (Å²) in [5, 5.41) is 0. The van der Waals surface area contributed by atoms with Crippen molar-refractivity contribution in [2.45, 2.75) is 19.5 Å². The van der Waals surface area contributed by atoms with E-state index in [9.17, 15) is 13.2 Å². The minimum Gasteiger partial charge on any atom is -0.297 e. The van der Waals surface area contributed by atoms with Gasteiger partial charge in [-0.3, -0.25) is 9.80 Å². The molecule has 2 rings (SSSR count). The van der Waals surface area contributed by atoms with Gasteiger partial charge in [-0.1, -0.05) is 40.3 Å². The summed E-state index contributed by atoms with van der Waals surface area (Å²) in [6.07, 6.45) is -0.621. The molecule has 114 valence electrons. The quantitative estimate of drug-likeness (QED) is 0.407. The van der Waals surface area contributed by atoms with Crippen LogP contribution in [0.1, 0.15) is 13.3 Å². The molecule has 0 aromatic rings. The van der Waals surface area contributed by atoms with Gasteiger partial charge in [0.1, 0.15) is 0 Å². The van der Waals surface area contributed by atoms with Gasteiger partial charge in [-0.25, -0.2) is 0 Å². The zero-order chi connectivity index (χ0) is 14.8. The third kappa shape index (κ3) is 4.21. The lowest BCUT2D eigenvalue weighted by atomic mass is 9.87. The molecule has 1 atom stereocenters. The van der Waals surface area contributed by atoms with E-state index in [0.29, 0.717) is 12.1 Å². The Labute approximate surface area is 131 Å². The Balaban J connectivity index is 2.00. The molecular weight excluding hydrogens is 380 g/mol. The largest absolute Gasteiger partial charge is 0.395 e. The number of alkyl halides is 4. The number of hydrogen-bond acceptors (Lipinski definition) is 2. The summed E-state index contributed by atoms with van der Waals surface area (Å²) >= 11 is 2.33. The third-order valence-electron chi connectivity index (χ3n) is 3.97. The Morgan fingerprint density at radius 3 is 2.35 bits per heavy atom. The maximum absolute atomic E-state index is 13.1. The van der Waals surface area contributed by atoms with Crippen LogP contribution >= 0.6 is 22.6 Å². The molecule has 1 unspecified atom stereocenters. The second-order valence-corrected chi connectivity index (χ2v) is 6.19. The minimum absolute atomic E-state index is 0.0921. The van der Waals surface area contributed by atoms with Crippen molar-refractivity contribution in [3.63, 3.8) is 0 Å². The summed E-state index contributed by atoms with van der Waals surface area (Å²) in [6, 6.07) is 0. The van der Waals surface area contributed by atoms with Crippen molar-refractivity contribution < 1.29 is 13.2 Å². The summed E-state index contributed by atoms with van der Waals surface area (Å²) in [4.78, 5) is 4.46. The average molecular weight is 400 g/mol. The van der Waals surface area contributed by atoms with Crippen molar-refractivity contribution in [1.82, 2.24) is 9.80 Å². The summed E-state index contributed by atoms with van der Waals surface area (Å²) in [6.45, 7) is 5.93. The molecule has 2 aliphatic rings. The first-order valence-electron chi connectivity index (χ1n) is 6.85. The molecule has 2 nitrogen and oxygen atoms in total. The number of hydrogen-bond donors (Lipinski definition) is 0. The van der Waals surface area contributed by atoms with Crippen molar-refractivity contribution >= 4 is 22.6 Å². The minimum atomic E-state index is -4.13. The second-order valence-electron chi connectivity index (χ2n) is 5.51. The highest BCUT2D eigenvalue weighted by molar-refractivity contribution is 14.1. The highest BCUT2D eigenvalue weighted by atomic mass is 127. The topological polar surface area (TPSA) is 6.48 Å². The lowest BCUT2D eigenvalue weighted by molar-refractivity contribution is -0.164. The number of rotatable bonds is 3. The van der Waals surface area contributed by atoms with E-state index in [1.165, 1.54) is 0 Å². The number of piperazine rings is 1. The normalized spacial score (nSPS) is 26.4. The first-order valence-corrected chi connectivity index (χ1v) is 8.37. The first-order chi connectivity index (χ1) is 9.40. The van der Waals surface area contributed by atoms with Crippen LogP contribution in [0.2, 0.25) is 0 Å². The van der Waals surface area contributed by atoms with Crippen LogP contribution in [-0.2, 0) is 0 Å². The van der Waals surface area contributed by atoms with Gasteiger partial charge in [-0.05, 0) is 18.9 Å². The number of allylic oxidation sites excluding steroid dienone is 3. The molecule has 0 spiro atoms. The molecule has 0 aromatic heterocycles. The van der Waals surface area contributed by atoms with Crippen LogP contribution in [0.25, 0.3) is 0 Å². The molecular formula is C14H20F3IN2. The van der Waals surface area contributed by atoms with Gasteiger partial charge in [-0.15, -0.1) is 0 Å². The fraction of sp³-hybridized carbons (Fsp3) is 0.714. The van der Waals surface area contributed by atoms with E-state index in [0.717, 1.165) is 36.3 Å². The summed E-state index contributed by atoms with van der Waals surface area (Å²) in [5.41, 5.74) is 1.48. The van der Waals surface area contributed by atoms with Crippen LogP contribution in [0.5, 0.6) is 0 Å². The van der Waals surface area contributed by atoms with Gasteiger partial charge in [0.2, 0.25) is 0 Å². The molecule has 0 radical (unpaired) electrons. The van der Waals surface area contributed by atoms with Crippen LogP contribution in [0.4, 0.5) is 13.2 Å². The van der Waals surface area contributed by atoms with Crippen LogP contribution < -0.4 is 0 Å². The lowest BCUT2D eigenvalue weighted by Gasteiger charge is -2.36. The van der Waals surface area contributed by atoms with Crippen molar-refractivity contribution in [3.05, 3.63) is 23.3 Å². The Morgan fingerprint density at radius 1 is 1.20 bits per heavy atom. The standard InChI is InChI=1S/C14H20F3IN2/c1-11-2-3-13(14(15,16)17)12(8-11)9-19-4-6-20(10-18)7-5-19/h2,8,13H,3-7,9-10H2,1H3. The predicted octanol–water partition coefficient (Wildman–Crippen LogP) is 3.45. The number of halogens is 4. The van der Waals surface area contributed by atoms with Gasteiger partial charge < -0.3 is 0 Å². The Kier molecular flexibility index (Phi) is 5.53. The molecule has 1 aliphatic carbocycles. The van der Waals surface area contributed by atoms with E-state index < -0.39 is 12.1 Å². The highest BCUT2D eigenvalue weighted by Gasteiger charge is 2.42. The molecule has 1 aliphatic heterocycles. The fourth-order valence-corrected chi connectivity index (χ4v) is 3.41. The molecule has 0 bridgehead atoms. The van der Waals surface area contributed by atoms with Gasteiger partial charge in [-0.2, -0.15) is 13.2 Å². The Bertz CT molecular complexity index is 396. The molecule has 6 heteroatoms. The van der Waals surface area contributed by atoms with E-state index in [1.54, 1.807) is 12.2 Å². The maximum Gasteiger partial charge on any atom is 0.395 e. The lowest BCUT2D eigenvalue weighted by Crippen LogP contribution is -2.47. The molecule has 0 amide bonds. The van der Waals surface area contributed by atoms with Crippen molar-refractivity contribution in [1.29, 1.82) is 0 Å². The van der Waals surface area contributed by atoms with Crippen molar-refractivity contribution in [2.24, 2.45) is 5.92 Å². The van der Waals surface area contributed by atoms with E-state index in [4.69, 9.17) is 0 Å². The second kappa shape index (κ2) is 6.79. The Morgan fingerprint density at radius 2 is 1.80 bits per heavy atom. The van der Waals surface area contributed by atoms with Crippen LogP contribution in [0.3, 0.4) is 0 Å². The van der Waals surface area contributed by atoms with Gasteiger partial charge >= 0.3 is 6.18 Å². The van der Waals surface area contributed by atoms with Gasteiger partial charge in [0.05, 0.1) is 10.5 Å². The zero-order valence-corrected chi connectivity index (χ0v) is 13.7. The molecule has 20 heavy (non-hydrogen) atoms. The summed E-state index contributed by atoms with van der Waals surface area (Å²) in [5.74, 6) is -1.30. The monoisotopic (exact) mass is 400 g/mol. The van der Waals surface area contributed by atoms with Gasteiger partial charge in [0.25, 0.3) is 0 Å². The fourth-order valence-electron chi connectivity index (χ4n) is 2.73. The highest BCUT2D eigenvalue weighted by Crippen LogP contribution is 2.38. The average Bonchev–Trinajstić information content (AvgIpc) is 2.38. The smallest absolute Gasteiger partial charge is 0.297 e. The first kappa shape index (κ1) is 16.3. The van der Waals surface area contributed by atoms with E-state index in [1.807, 2.05) is 6.92 Å². The number of nitrogens with zero attached hydrogens (tertiary/aromatic N) is 2.